The average molecular weight is 339 g/mol. The number of fused-ring (bicyclic) bond motifs is 1. The zero-order chi connectivity index (χ0) is 17.8. The lowest BCUT2D eigenvalue weighted by molar-refractivity contribution is 0.0952. The third-order valence-corrected chi connectivity index (χ3v) is 3.98. The third kappa shape index (κ3) is 3.83. The number of aromatic nitrogens is 4. The van der Waals surface area contributed by atoms with Gasteiger partial charge in [0.2, 0.25) is 0 Å². The van der Waals surface area contributed by atoms with Gasteiger partial charge in [0, 0.05) is 31.1 Å². The molecule has 0 bridgehead atoms. The molecule has 0 saturated heterocycles. The summed E-state index contributed by atoms with van der Waals surface area (Å²) in [7, 11) is 0. The van der Waals surface area contributed by atoms with E-state index in [-0.39, 0.29) is 11.8 Å². The SMILES string of the molecule is CC(C)C(O)c1nnc2ccc(C(=O)NCCc3ccccn3)cn12. The number of aliphatic hydroxyl groups excluding tert-OH is 1. The minimum Gasteiger partial charge on any atom is -0.385 e. The number of hydrogen-bond acceptors (Lipinski definition) is 5. The number of pyridine rings is 2. The van der Waals surface area contributed by atoms with Crippen molar-refractivity contribution in [2.24, 2.45) is 5.92 Å². The molecule has 130 valence electrons. The van der Waals surface area contributed by atoms with Crippen LogP contribution in [0.5, 0.6) is 0 Å². The van der Waals surface area contributed by atoms with Gasteiger partial charge in [0.1, 0.15) is 6.10 Å². The molecule has 25 heavy (non-hydrogen) atoms. The van der Waals surface area contributed by atoms with E-state index < -0.39 is 6.10 Å². The van der Waals surface area contributed by atoms with E-state index >= 15 is 0 Å². The van der Waals surface area contributed by atoms with Gasteiger partial charge in [-0.05, 0) is 30.2 Å². The van der Waals surface area contributed by atoms with E-state index in [1.807, 2.05) is 32.0 Å². The Bertz CT molecular complexity index is 860. The van der Waals surface area contributed by atoms with Gasteiger partial charge in [-0.1, -0.05) is 19.9 Å². The first kappa shape index (κ1) is 17.0. The second-order valence-corrected chi connectivity index (χ2v) is 6.22. The topological polar surface area (TPSA) is 92.4 Å². The van der Waals surface area contributed by atoms with Crippen LogP contribution in [-0.4, -0.2) is 37.1 Å². The summed E-state index contributed by atoms with van der Waals surface area (Å²) in [4.78, 5) is 16.6. The zero-order valence-electron chi connectivity index (χ0n) is 14.3. The van der Waals surface area contributed by atoms with Crippen molar-refractivity contribution in [3.05, 3.63) is 59.8 Å². The van der Waals surface area contributed by atoms with Crippen LogP contribution < -0.4 is 5.32 Å². The third-order valence-electron chi connectivity index (χ3n) is 3.98. The highest BCUT2D eigenvalue weighted by Gasteiger charge is 2.19. The molecule has 3 aromatic rings. The van der Waals surface area contributed by atoms with Gasteiger partial charge in [-0.2, -0.15) is 0 Å². The normalized spacial score (nSPS) is 12.5. The van der Waals surface area contributed by atoms with E-state index in [9.17, 15) is 9.90 Å². The van der Waals surface area contributed by atoms with Gasteiger partial charge in [-0.3, -0.25) is 14.2 Å². The van der Waals surface area contributed by atoms with Crippen molar-refractivity contribution in [1.82, 2.24) is 24.9 Å². The summed E-state index contributed by atoms with van der Waals surface area (Å²) in [6, 6.07) is 9.13. The fraction of sp³-hybridized carbons (Fsp3) is 0.333. The summed E-state index contributed by atoms with van der Waals surface area (Å²) in [6.45, 7) is 4.30. The van der Waals surface area contributed by atoms with E-state index in [1.54, 1.807) is 28.9 Å². The summed E-state index contributed by atoms with van der Waals surface area (Å²) in [5, 5.41) is 21.2. The minimum atomic E-state index is -0.738. The molecule has 0 aliphatic heterocycles. The second kappa shape index (κ2) is 7.40. The van der Waals surface area contributed by atoms with Gasteiger partial charge in [-0.25, -0.2) is 0 Å². The summed E-state index contributed by atoms with van der Waals surface area (Å²) in [5.41, 5.74) is 2.02. The first-order valence-corrected chi connectivity index (χ1v) is 8.27. The quantitative estimate of drug-likeness (QED) is 0.714. The van der Waals surface area contributed by atoms with Gasteiger partial charge >= 0.3 is 0 Å². The highest BCUT2D eigenvalue weighted by Crippen LogP contribution is 2.20. The molecule has 0 fully saturated rings. The van der Waals surface area contributed by atoms with E-state index in [4.69, 9.17) is 0 Å². The van der Waals surface area contributed by atoms with E-state index in [1.165, 1.54) is 0 Å². The van der Waals surface area contributed by atoms with Crippen LogP contribution in [0, 0.1) is 5.92 Å². The Labute approximate surface area is 145 Å². The summed E-state index contributed by atoms with van der Waals surface area (Å²) < 4.78 is 1.67. The molecule has 0 aliphatic rings. The average Bonchev–Trinajstić information content (AvgIpc) is 3.04. The standard InChI is InChI=1S/C18H21N5O2/c1-12(2)16(24)17-22-21-15-7-6-13(11-23(15)17)18(25)20-10-8-14-5-3-4-9-19-14/h3-7,9,11-12,16,24H,8,10H2,1-2H3,(H,20,25). The molecule has 0 aromatic carbocycles. The predicted octanol–water partition coefficient (Wildman–Crippen LogP) is 1.79. The van der Waals surface area contributed by atoms with Crippen LogP contribution in [-0.2, 0) is 6.42 Å². The second-order valence-electron chi connectivity index (χ2n) is 6.22. The maximum atomic E-state index is 12.4. The lowest BCUT2D eigenvalue weighted by Gasteiger charge is -2.12. The van der Waals surface area contributed by atoms with Crippen LogP contribution in [0.2, 0.25) is 0 Å². The number of hydrogen-bond donors (Lipinski definition) is 2. The molecular weight excluding hydrogens is 318 g/mol. The van der Waals surface area contributed by atoms with Crippen LogP contribution >= 0.6 is 0 Å². The van der Waals surface area contributed by atoms with Crippen LogP contribution in [0.15, 0.2) is 42.7 Å². The van der Waals surface area contributed by atoms with Gasteiger partial charge in [-0.15, -0.1) is 10.2 Å². The molecule has 7 heteroatoms. The number of amides is 1. The molecule has 1 amide bonds. The lowest BCUT2D eigenvalue weighted by Crippen LogP contribution is -2.26. The Kier molecular flexibility index (Phi) is 5.04. The number of nitrogens with zero attached hydrogens (tertiary/aromatic N) is 4. The number of carbonyl (C=O) groups is 1. The van der Waals surface area contributed by atoms with Crippen LogP contribution in [0.3, 0.4) is 0 Å². The van der Waals surface area contributed by atoms with Crippen molar-refractivity contribution >= 4 is 11.6 Å². The molecule has 0 aliphatic carbocycles. The Balaban J connectivity index is 1.72. The largest absolute Gasteiger partial charge is 0.385 e. The summed E-state index contributed by atoms with van der Waals surface area (Å²) in [6.07, 6.45) is 3.32. The Morgan fingerprint density at radius 2 is 2.08 bits per heavy atom. The first-order chi connectivity index (χ1) is 12.1. The highest BCUT2D eigenvalue weighted by molar-refractivity contribution is 5.94. The molecule has 3 aromatic heterocycles. The Morgan fingerprint density at radius 3 is 2.80 bits per heavy atom. The molecule has 1 atom stereocenters. The molecular formula is C18H21N5O2. The van der Waals surface area contributed by atoms with Gasteiger partial charge < -0.3 is 10.4 Å². The van der Waals surface area contributed by atoms with Crippen LogP contribution in [0.4, 0.5) is 0 Å². The predicted molar refractivity (Wildman–Crippen MR) is 93.1 cm³/mol. The molecule has 0 radical (unpaired) electrons. The molecule has 3 rings (SSSR count). The maximum Gasteiger partial charge on any atom is 0.252 e. The first-order valence-electron chi connectivity index (χ1n) is 8.27. The van der Waals surface area contributed by atoms with Crippen molar-refractivity contribution in [3.8, 4) is 0 Å². The van der Waals surface area contributed by atoms with Gasteiger partial charge in [0.15, 0.2) is 11.5 Å². The molecule has 7 nitrogen and oxygen atoms in total. The monoisotopic (exact) mass is 339 g/mol. The number of aliphatic hydroxyl groups is 1. The van der Waals surface area contributed by atoms with Crippen molar-refractivity contribution < 1.29 is 9.90 Å². The van der Waals surface area contributed by atoms with Gasteiger partial charge in [0.25, 0.3) is 5.91 Å². The summed E-state index contributed by atoms with van der Waals surface area (Å²) >= 11 is 0. The fourth-order valence-corrected chi connectivity index (χ4v) is 2.49. The van der Waals surface area contributed by atoms with Crippen LogP contribution in [0.25, 0.3) is 5.65 Å². The smallest absolute Gasteiger partial charge is 0.252 e. The number of rotatable bonds is 6. The number of carbonyl (C=O) groups excluding carboxylic acids is 1. The lowest BCUT2D eigenvalue weighted by atomic mass is 10.1. The van der Waals surface area contributed by atoms with Crippen molar-refractivity contribution in [2.45, 2.75) is 26.4 Å². The van der Waals surface area contributed by atoms with E-state index in [0.717, 1.165) is 5.69 Å². The molecule has 0 spiro atoms. The van der Waals surface area contributed by atoms with Crippen molar-refractivity contribution in [2.75, 3.05) is 6.54 Å². The van der Waals surface area contributed by atoms with Crippen molar-refractivity contribution in [3.63, 3.8) is 0 Å². The van der Waals surface area contributed by atoms with E-state index in [2.05, 4.69) is 20.5 Å². The van der Waals surface area contributed by atoms with Gasteiger partial charge in [0.05, 0.1) is 5.56 Å². The zero-order valence-corrected chi connectivity index (χ0v) is 14.3. The highest BCUT2D eigenvalue weighted by atomic mass is 16.3. The maximum absolute atomic E-state index is 12.4. The molecule has 3 heterocycles. The fourth-order valence-electron chi connectivity index (χ4n) is 2.49. The Hall–Kier alpha value is -2.80. The molecule has 0 saturated carbocycles. The molecule has 1 unspecified atom stereocenters. The molecule has 2 N–H and O–H groups in total. The van der Waals surface area contributed by atoms with Crippen molar-refractivity contribution in [1.29, 1.82) is 0 Å². The Morgan fingerprint density at radius 1 is 1.24 bits per heavy atom. The van der Waals surface area contributed by atoms with E-state index in [0.29, 0.717) is 30.0 Å². The number of nitrogens with one attached hydrogen (secondary N) is 1. The van der Waals surface area contributed by atoms with Crippen LogP contribution in [0.1, 0.15) is 41.8 Å². The summed E-state index contributed by atoms with van der Waals surface area (Å²) in [5.74, 6) is 0.257. The minimum absolute atomic E-state index is 0.00301.